The lowest BCUT2D eigenvalue weighted by molar-refractivity contribution is -0.128. The quantitative estimate of drug-likeness (QED) is 0.264. The second-order valence-electron chi connectivity index (χ2n) is 3.70. The van der Waals surface area contributed by atoms with Crippen LogP contribution in [0.2, 0.25) is 0 Å². The topological polar surface area (TPSA) is 130 Å². The van der Waals surface area contributed by atoms with Gasteiger partial charge in [0.1, 0.15) is 11.8 Å². The van der Waals surface area contributed by atoms with E-state index in [0.29, 0.717) is 0 Å². The second-order valence-corrected chi connectivity index (χ2v) is 3.70. The number of hydrogen-bond donors (Lipinski definition) is 5. The number of amides is 2. The number of nitrogens with one attached hydrogen (secondary N) is 2. The number of rotatable bonds is 5. The molecule has 1 atom stereocenters. The maximum absolute atomic E-state index is 11.5. The summed E-state index contributed by atoms with van der Waals surface area (Å²) in [5.41, 5.74) is 7.93. The van der Waals surface area contributed by atoms with E-state index < -0.39 is 17.9 Å². The Morgan fingerprint density at radius 2 is 1.84 bits per heavy atom. The monoisotopic (exact) mass is 288 g/mol. The van der Waals surface area contributed by atoms with Crippen molar-refractivity contribution in [3.05, 3.63) is 29.8 Å². The maximum atomic E-state index is 11.5. The van der Waals surface area contributed by atoms with E-state index in [2.05, 4.69) is 5.32 Å². The van der Waals surface area contributed by atoms with Crippen LogP contribution in [0.3, 0.4) is 0 Å². The van der Waals surface area contributed by atoms with Crippen LogP contribution < -0.4 is 22.3 Å². The van der Waals surface area contributed by atoms with Crippen molar-refractivity contribution in [1.29, 1.82) is 0 Å². The van der Waals surface area contributed by atoms with Crippen molar-refractivity contribution in [1.82, 2.24) is 10.7 Å². The molecular formula is C11H17ClN4O3. The van der Waals surface area contributed by atoms with E-state index in [4.69, 9.17) is 16.7 Å². The van der Waals surface area contributed by atoms with Crippen LogP contribution in [0, 0.1) is 0 Å². The van der Waals surface area contributed by atoms with Gasteiger partial charge in [-0.05, 0) is 17.7 Å². The first-order valence-electron chi connectivity index (χ1n) is 5.34. The molecule has 0 aliphatic rings. The highest BCUT2D eigenvalue weighted by Gasteiger charge is 2.19. The fourth-order valence-corrected chi connectivity index (χ4v) is 1.43. The number of phenols is 1. The molecule has 0 fully saturated rings. The summed E-state index contributed by atoms with van der Waals surface area (Å²) in [5.74, 6) is 4.22. The van der Waals surface area contributed by atoms with E-state index in [1.807, 2.05) is 5.43 Å². The molecule has 2 amide bonds. The number of carbonyl (C=O) groups is 2. The molecule has 0 spiro atoms. The Balaban J connectivity index is 0.00000324. The first-order valence-corrected chi connectivity index (χ1v) is 5.34. The van der Waals surface area contributed by atoms with E-state index in [0.717, 1.165) is 5.56 Å². The van der Waals surface area contributed by atoms with Gasteiger partial charge in [0.2, 0.25) is 5.91 Å². The molecule has 1 rings (SSSR count). The van der Waals surface area contributed by atoms with Crippen LogP contribution in [0.1, 0.15) is 5.56 Å². The lowest BCUT2D eigenvalue weighted by Gasteiger charge is -2.16. The van der Waals surface area contributed by atoms with E-state index in [-0.39, 0.29) is 31.1 Å². The normalized spacial score (nSPS) is 11.1. The lowest BCUT2D eigenvalue weighted by Crippen LogP contribution is -2.51. The summed E-state index contributed by atoms with van der Waals surface area (Å²) in [6.07, 6.45) is 0.259. The SMILES string of the molecule is Cl.NCC(=O)NC(Cc1ccc(O)cc1)C(=O)NN. The lowest BCUT2D eigenvalue weighted by atomic mass is 10.1. The van der Waals surface area contributed by atoms with Gasteiger partial charge in [-0.15, -0.1) is 12.4 Å². The van der Waals surface area contributed by atoms with Crippen molar-refractivity contribution >= 4 is 24.2 Å². The molecule has 1 aromatic carbocycles. The van der Waals surface area contributed by atoms with Crippen molar-refractivity contribution in [3.63, 3.8) is 0 Å². The zero-order valence-corrected chi connectivity index (χ0v) is 10.9. The molecule has 19 heavy (non-hydrogen) atoms. The fraction of sp³-hybridized carbons (Fsp3) is 0.273. The van der Waals surface area contributed by atoms with Gasteiger partial charge in [0, 0.05) is 6.42 Å². The Morgan fingerprint density at radius 3 is 2.32 bits per heavy atom. The van der Waals surface area contributed by atoms with Crippen molar-refractivity contribution in [2.75, 3.05) is 6.54 Å². The smallest absolute Gasteiger partial charge is 0.256 e. The predicted molar refractivity (Wildman–Crippen MR) is 72.4 cm³/mol. The van der Waals surface area contributed by atoms with Gasteiger partial charge in [-0.1, -0.05) is 12.1 Å². The zero-order valence-electron chi connectivity index (χ0n) is 10.1. The van der Waals surface area contributed by atoms with Crippen molar-refractivity contribution < 1.29 is 14.7 Å². The first-order chi connectivity index (χ1) is 8.56. The predicted octanol–water partition coefficient (Wildman–Crippen LogP) is -1.21. The van der Waals surface area contributed by atoms with Gasteiger partial charge in [0.15, 0.2) is 0 Å². The van der Waals surface area contributed by atoms with Gasteiger partial charge in [0.05, 0.1) is 6.54 Å². The third-order valence-electron chi connectivity index (χ3n) is 2.36. The summed E-state index contributed by atoms with van der Waals surface area (Å²) in [7, 11) is 0. The summed E-state index contributed by atoms with van der Waals surface area (Å²) >= 11 is 0. The summed E-state index contributed by atoms with van der Waals surface area (Å²) < 4.78 is 0. The number of hydrazine groups is 1. The first kappa shape index (κ1) is 17.2. The number of carbonyl (C=O) groups excluding carboxylic acids is 2. The number of nitrogens with two attached hydrogens (primary N) is 2. The van der Waals surface area contributed by atoms with E-state index >= 15 is 0 Å². The summed E-state index contributed by atoms with van der Waals surface area (Å²) in [6, 6.07) is 5.51. The van der Waals surface area contributed by atoms with Gasteiger partial charge in [-0.25, -0.2) is 5.84 Å². The molecule has 7 N–H and O–H groups in total. The molecule has 0 aromatic heterocycles. The minimum Gasteiger partial charge on any atom is -0.508 e. The van der Waals surface area contributed by atoms with E-state index in [1.165, 1.54) is 12.1 Å². The highest BCUT2D eigenvalue weighted by atomic mass is 35.5. The molecular weight excluding hydrogens is 272 g/mol. The molecule has 0 bridgehead atoms. The zero-order chi connectivity index (χ0) is 13.5. The Hall–Kier alpha value is -1.83. The summed E-state index contributed by atoms with van der Waals surface area (Å²) in [5, 5.41) is 11.6. The van der Waals surface area contributed by atoms with Crippen LogP contribution in [-0.4, -0.2) is 29.5 Å². The molecule has 0 radical (unpaired) electrons. The van der Waals surface area contributed by atoms with Gasteiger partial charge >= 0.3 is 0 Å². The molecule has 106 valence electrons. The van der Waals surface area contributed by atoms with E-state index in [1.54, 1.807) is 12.1 Å². The molecule has 1 aromatic rings. The van der Waals surface area contributed by atoms with Crippen molar-refractivity contribution in [2.45, 2.75) is 12.5 Å². The minimum absolute atomic E-state index is 0. The number of benzene rings is 1. The maximum Gasteiger partial charge on any atom is 0.256 e. The molecule has 1 unspecified atom stereocenters. The van der Waals surface area contributed by atoms with E-state index in [9.17, 15) is 9.59 Å². The van der Waals surface area contributed by atoms with Crippen LogP contribution in [0.5, 0.6) is 5.75 Å². The van der Waals surface area contributed by atoms with Crippen LogP contribution >= 0.6 is 12.4 Å². The standard InChI is InChI=1S/C11H16N4O3.ClH/c12-6-10(17)14-9(11(18)15-13)5-7-1-3-8(16)4-2-7;/h1-4,9,16H,5-6,12-13H2,(H,14,17)(H,15,18);1H. The molecule has 0 saturated carbocycles. The van der Waals surface area contributed by atoms with Crippen LogP contribution in [0.15, 0.2) is 24.3 Å². The van der Waals surface area contributed by atoms with Crippen molar-refractivity contribution in [2.24, 2.45) is 11.6 Å². The number of halogens is 1. The van der Waals surface area contributed by atoms with Crippen LogP contribution in [0.4, 0.5) is 0 Å². The molecule has 0 saturated heterocycles. The second kappa shape index (κ2) is 8.30. The molecule has 0 aliphatic heterocycles. The summed E-state index contributed by atoms with van der Waals surface area (Å²) in [6.45, 7) is -0.204. The molecule has 8 heteroatoms. The van der Waals surface area contributed by atoms with Gasteiger partial charge < -0.3 is 16.2 Å². The highest BCUT2D eigenvalue weighted by Crippen LogP contribution is 2.11. The number of phenolic OH excluding ortho intramolecular Hbond substituents is 1. The van der Waals surface area contributed by atoms with Gasteiger partial charge in [-0.3, -0.25) is 15.0 Å². The molecule has 0 heterocycles. The number of hydrogen-bond acceptors (Lipinski definition) is 5. The Bertz CT molecular complexity index is 424. The largest absolute Gasteiger partial charge is 0.508 e. The summed E-state index contributed by atoms with van der Waals surface area (Å²) in [4.78, 5) is 22.7. The van der Waals surface area contributed by atoms with Crippen molar-refractivity contribution in [3.8, 4) is 5.75 Å². The Morgan fingerprint density at radius 1 is 1.26 bits per heavy atom. The average Bonchev–Trinajstić information content (AvgIpc) is 2.39. The number of aromatic hydroxyl groups is 1. The van der Waals surface area contributed by atoms with Gasteiger partial charge in [-0.2, -0.15) is 0 Å². The molecule has 0 aliphatic carbocycles. The van der Waals surface area contributed by atoms with Crippen LogP contribution in [0.25, 0.3) is 0 Å². The highest BCUT2D eigenvalue weighted by molar-refractivity contribution is 5.88. The third-order valence-corrected chi connectivity index (χ3v) is 2.36. The Kier molecular flexibility index (Phi) is 7.50. The fourth-order valence-electron chi connectivity index (χ4n) is 1.43. The van der Waals surface area contributed by atoms with Gasteiger partial charge in [0.25, 0.3) is 5.91 Å². The Labute approximate surface area is 116 Å². The molecule has 7 nitrogen and oxygen atoms in total. The average molecular weight is 289 g/mol. The third kappa shape index (κ3) is 5.56. The van der Waals surface area contributed by atoms with Crippen LogP contribution in [-0.2, 0) is 16.0 Å². The minimum atomic E-state index is -0.796.